The maximum Gasteiger partial charge on any atom is 0.286 e. The third-order valence-electron chi connectivity index (χ3n) is 2.78. The number of nitrogens with one attached hydrogen (secondary N) is 1. The molecule has 2 aromatic rings. The molecule has 1 aromatic heterocycles. The van der Waals surface area contributed by atoms with Crippen molar-refractivity contribution in [2.24, 2.45) is 0 Å². The number of aryl methyl sites for hydroxylation is 1. The summed E-state index contributed by atoms with van der Waals surface area (Å²) in [6, 6.07) is 2.42. The molecular weight excluding hydrogens is 310 g/mol. The van der Waals surface area contributed by atoms with Gasteiger partial charge in [-0.15, -0.1) is 11.3 Å². The number of carbonyl (C=O) groups excluding carboxylic acids is 1. The lowest BCUT2D eigenvalue weighted by Gasteiger charge is -2.10. The smallest absolute Gasteiger partial charge is 0.286 e. The zero-order chi connectivity index (χ0) is 16.3. The first-order chi connectivity index (χ1) is 10.5. The van der Waals surface area contributed by atoms with E-state index in [1.54, 1.807) is 12.3 Å². The van der Waals surface area contributed by atoms with E-state index in [1.165, 1.54) is 31.6 Å². The zero-order valence-corrected chi connectivity index (χ0v) is 12.9. The van der Waals surface area contributed by atoms with Crippen LogP contribution in [-0.4, -0.2) is 30.0 Å². The van der Waals surface area contributed by atoms with Crippen molar-refractivity contribution in [2.45, 2.75) is 6.92 Å². The van der Waals surface area contributed by atoms with Gasteiger partial charge in [-0.2, -0.15) is 0 Å². The van der Waals surface area contributed by atoms with E-state index >= 15 is 0 Å². The van der Waals surface area contributed by atoms with Crippen LogP contribution in [0.4, 0.5) is 10.8 Å². The Hall–Kier alpha value is -2.68. The first kappa shape index (κ1) is 15.7. The Labute approximate surface area is 129 Å². The Balaban J connectivity index is 2.43. The van der Waals surface area contributed by atoms with Crippen LogP contribution in [0.3, 0.4) is 0 Å². The van der Waals surface area contributed by atoms with E-state index in [0.717, 1.165) is 11.8 Å². The Kier molecular flexibility index (Phi) is 4.56. The lowest BCUT2D eigenvalue weighted by atomic mass is 10.1. The summed E-state index contributed by atoms with van der Waals surface area (Å²) in [6.45, 7) is 1.78. The molecule has 1 amide bonds. The van der Waals surface area contributed by atoms with Gasteiger partial charge < -0.3 is 9.47 Å². The fourth-order valence-corrected chi connectivity index (χ4v) is 2.46. The van der Waals surface area contributed by atoms with E-state index in [-0.39, 0.29) is 22.7 Å². The third-order valence-corrected chi connectivity index (χ3v) is 3.66. The topological polar surface area (TPSA) is 104 Å². The molecule has 116 valence electrons. The molecule has 0 saturated heterocycles. The first-order valence-electron chi connectivity index (χ1n) is 6.10. The third kappa shape index (κ3) is 3.14. The number of anilines is 1. The minimum Gasteiger partial charge on any atom is -0.493 e. The number of nitrogens with zero attached hydrogens (tertiary/aromatic N) is 2. The van der Waals surface area contributed by atoms with Crippen molar-refractivity contribution in [2.75, 3.05) is 19.5 Å². The fraction of sp³-hybridized carbons (Fsp3) is 0.231. The van der Waals surface area contributed by atoms with E-state index in [0.29, 0.717) is 5.13 Å². The number of hydrogen-bond donors (Lipinski definition) is 1. The minimum atomic E-state index is -0.649. The van der Waals surface area contributed by atoms with Gasteiger partial charge in [0, 0.05) is 11.4 Å². The SMILES string of the molecule is COc1cc(C(=O)Nc2nc(C)cs2)c([N+](=O)[O-])cc1OC. The van der Waals surface area contributed by atoms with Gasteiger partial charge >= 0.3 is 0 Å². The Bertz CT molecular complexity index is 728. The molecule has 0 aliphatic carbocycles. The van der Waals surface area contributed by atoms with Gasteiger partial charge in [-0.25, -0.2) is 4.98 Å². The maximum atomic E-state index is 12.3. The molecule has 0 bridgehead atoms. The van der Waals surface area contributed by atoms with Gasteiger partial charge in [-0.05, 0) is 6.92 Å². The lowest BCUT2D eigenvalue weighted by molar-refractivity contribution is -0.385. The number of hydrogen-bond acceptors (Lipinski definition) is 7. The van der Waals surface area contributed by atoms with Crippen molar-refractivity contribution in [3.63, 3.8) is 0 Å². The summed E-state index contributed by atoms with van der Waals surface area (Å²) >= 11 is 1.24. The molecule has 0 fully saturated rings. The van der Waals surface area contributed by atoms with Gasteiger partial charge in [0.15, 0.2) is 16.6 Å². The maximum absolute atomic E-state index is 12.3. The van der Waals surface area contributed by atoms with Crippen LogP contribution in [-0.2, 0) is 0 Å². The molecule has 9 heteroatoms. The molecule has 1 heterocycles. The molecule has 22 heavy (non-hydrogen) atoms. The highest BCUT2D eigenvalue weighted by atomic mass is 32.1. The number of rotatable bonds is 5. The summed E-state index contributed by atoms with van der Waals surface area (Å²) in [5.74, 6) is -0.230. The molecule has 0 unspecified atom stereocenters. The second-order valence-corrected chi connectivity index (χ2v) is 5.09. The second-order valence-electron chi connectivity index (χ2n) is 4.23. The average Bonchev–Trinajstić information content (AvgIpc) is 2.90. The van der Waals surface area contributed by atoms with Gasteiger partial charge in [0.2, 0.25) is 0 Å². The molecule has 1 N–H and O–H groups in total. The van der Waals surface area contributed by atoms with Crippen molar-refractivity contribution < 1.29 is 19.2 Å². The van der Waals surface area contributed by atoms with E-state index in [9.17, 15) is 14.9 Å². The molecule has 0 spiro atoms. The van der Waals surface area contributed by atoms with Crippen molar-refractivity contribution >= 4 is 28.1 Å². The van der Waals surface area contributed by atoms with Crippen LogP contribution in [0.1, 0.15) is 16.1 Å². The monoisotopic (exact) mass is 323 g/mol. The number of carbonyl (C=O) groups is 1. The van der Waals surface area contributed by atoms with Crippen molar-refractivity contribution in [3.8, 4) is 11.5 Å². The summed E-state index contributed by atoms with van der Waals surface area (Å²) in [6.07, 6.45) is 0. The van der Waals surface area contributed by atoms with Gasteiger partial charge in [0.05, 0.1) is 30.9 Å². The summed E-state index contributed by atoms with van der Waals surface area (Å²) in [7, 11) is 2.75. The quantitative estimate of drug-likeness (QED) is 0.670. The summed E-state index contributed by atoms with van der Waals surface area (Å²) < 4.78 is 10.1. The highest BCUT2D eigenvalue weighted by Gasteiger charge is 2.25. The molecule has 2 rings (SSSR count). The van der Waals surface area contributed by atoms with Gasteiger partial charge in [-0.3, -0.25) is 20.2 Å². The molecule has 8 nitrogen and oxygen atoms in total. The van der Waals surface area contributed by atoms with E-state index in [1.807, 2.05) is 0 Å². The average molecular weight is 323 g/mol. The summed E-state index contributed by atoms with van der Waals surface area (Å²) in [4.78, 5) is 26.9. The normalized spacial score (nSPS) is 10.1. The number of nitro benzene ring substituents is 1. The van der Waals surface area contributed by atoms with Crippen molar-refractivity contribution in [1.29, 1.82) is 0 Å². The van der Waals surface area contributed by atoms with E-state index < -0.39 is 10.8 Å². The summed E-state index contributed by atoms with van der Waals surface area (Å²) in [5.41, 5.74) is 0.251. The number of aromatic nitrogens is 1. The first-order valence-corrected chi connectivity index (χ1v) is 6.98. The number of benzene rings is 1. The second kappa shape index (κ2) is 6.39. The molecule has 0 atom stereocenters. The minimum absolute atomic E-state index is 0.129. The van der Waals surface area contributed by atoms with Gasteiger partial charge in [-0.1, -0.05) is 0 Å². The number of methoxy groups -OCH3 is 2. The van der Waals surface area contributed by atoms with Crippen molar-refractivity contribution in [1.82, 2.24) is 4.98 Å². The molecule has 0 saturated carbocycles. The predicted molar refractivity (Wildman–Crippen MR) is 81.0 cm³/mol. The van der Waals surface area contributed by atoms with Gasteiger partial charge in [0.25, 0.3) is 11.6 Å². The fourth-order valence-electron chi connectivity index (χ4n) is 1.78. The number of ether oxygens (including phenoxy) is 2. The van der Waals surface area contributed by atoms with Crippen LogP contribution in [0.2, 0.25) is 0 Å². The lowest BCUT2D eigenvalue weighted by Crippen LogP contribution is -2.14. The highest BCUT2D eigenvalue weighted by Crippen LogP contribution is 2.34. The van der Waals surface area contributed by atoms with Crippen LogP contribution in [0.5, 0.6) is 11.5 Å². The van der Waals surface area contributed by atoms with Crippen molar-refractivity contribution in [3.05, 3.63) is 38.9 Å². The Morgan fingerprint density at radius 1 is 1.32 bits per heavy atom. The summed E-state index contributed by atoms with van der Waals surface area (Å²) in [5, 5.41) is 15.8. The number of nitro groups is 1. The van der Waals surface area contributed by atoms with Gasteiger partial charge in [0.1, 0.15) is 5.56 Å². The number of amides is 1. The van der Waals surface area contributed by atoms with E-state index in [4.69, 9.17) is 9.47 Å². The van der Waals surface area contributed by atoms with E-state index in [2.05, 4.69) is 10.3 Å². The molecule has 0 aliphatic rings. The van der Waals surface area contributed by atoms with Crippen LogP contribution in [0, 0.1) is 17.0 Å². The Morgan fingerprint density at radius 2 is 1.95 bits per heavy atom. The molecule has 1 aromatic carbocycles. The highest BCUT2D eigenvalue weighted by molar-refractivity contribution is 7.13. The van der Waals surface area contributed by atoms with Crippen LogP contribution < -0.4 is 14.8 Å². The largest absolute Gasteiger partial charge is 0.493 e. The molecular formula is C13H13N3O5S. The predicted octanol–water partition coefficient (Wildman–Crippen LogP) is 2.63. The Morgan fingerprint density at radius 3 is 2.45 bits per heavy atom. The van der Waals surface area contributed by atoms with Crippen LogP contribution in [0.25, 0.3) is 0 Å². The van der Waals surface area contributed by atoms with Crippen LogP contribution in [0.15, 0.2) is 17.5 Å². The van der Waals surface area contributed by atoms with Crippen LogP contribution >= 0.6 is 11.3 Å². The molecule has 0 radical (unpaired) electrons. The number of thiazole rings is 1. The molecule has 0 aliphatic heterocycles. The zero-order valence-electron chi connectivity index (χ0n) is 12.1. The standard InChI is InChI=1S/C13H13N3O5S/c1-7-6-22-13(14-7)15-12(17)8-4-10(20-2)11(21-3)5-9(8)16(18)19/h4-6H,1-3H3,(H,14,15,17).